The third-order valence-corrected chi connectivity index (χ3v) is 2.95. The molecule has 0 amide bonds. The minimum absolute atomic E-state index is 0.597. The zero-order valence-corrected chi connectivity index (χ0v) is 12.7. The first kappa shape index (κ1) is 15.1. The highest BCUT2D eigenvalue weighted by Gasteiger charge is 2.03. The predicted octanol–water partition coefficient (Wildman–Crippen LogP) is 2.85. The third-order valence-electron chi connectivity index (χ3n) is 2.95. The van der Waals surface area contributed by atoms with Gasteiger partial charge in [-0.2, -0.15) is 4.98 Å². The lowest BCUT2D eigenvalue weighted by molar-refractivity contribution is 0.326. The fraction of sp³-hybridized carbons (Fsp3) is 0.375. The number of aryl methyl sites for hydroxylation is 1. The molecule has 21 heavy (non-hydrogen) atoms. The van der Waals surface area contributed by atoms with Gasteiger partial charge in [0.15, 0.2) is 0 Å². The summed E-state index contributed by atoms with van der Waals surface area (Å²) >= 11 is 0. The second-order valence-corrected chi connectivity index (χ2v) is 4.63. The summed E-state index contributed by atoms with van der Waals surface area (Å²) in [6, 6.07) is 9.87. The first-order valence-corrected chi connectivity index (χ1v) is 7.06. The van der Waals surface area contributed by atoms with Gasteiger partial charge in [0.1, 0.15) is 5.75 Å². The molecule has 0 aliphatic carbocycles. The second kappa shape index (κ2) is 7.47. The molecule has 1 N–H and O–H groups in total. The van der Waals surface area contributed by atoms with Crippen molar-refractivity contribution in [2.24, 2.45) is 0 Å². The summed E-state index contributed by atoms with van der Waals surface area (Å²) in [7, 11) is 1.67. The molecule has 0 bridgehead atoms. The lowest BCUT2D eigenvalue weighted by Crippen LogP contribution is -2.09. The van der Waals surface area contributed by atoms with E-state index in [-0.39, 0.29) is 0 Å². The van der Waals surface area contributed by atoms with E-state index in [9.17, 15) is 0 Å². The Morgan fingerprint density at radius 3 is 2.81 bits per heavy atom. The Kier molecular flexibility index (Phi) is 5.37. The standard InChI is InChI=1S/C16H21N3O2/c1-4-21-15-10-12(2)18-16(19-15)17-9-8-13-6-5-7-14(11-13)20-3/h5-7,10-11H,4,8-9H2,1-3H3,(H,17,18,19). The molecule has 0 saturated carbocycles. The molecule has 0 aliphatic heterocycles. The fourth-order valence-corrected chi connectivity index (χ4v) is 1.99. The van der Waals surface area contributed by atoms with Crippen LogP contribution in [-0.2, 0) is 6.42 Å². The topological polar surface area (TPSA) is 56.3 Å². The molecule has 1 aromatic heterocycles. The van der Waals surface area contributed by atoms with Gasteiger partial charge in [-0.3, -0.25) is 0 Å². The van der Waals surface area contributed by atoms with Crippen molar-refractivity contribution in [2.45, 2.75) is 20.3 Å². The van der Waals surface area contributed by atoms with Crippen molar-refractivity contribution in [1.82, 2.24) is 9.97 Å². The van der Waals surface area contributed by atoms with Crippen molar-refractivity contribution >= 4 is 5.95 Å². The van der Waals surface area contributed by atoms with E-state index in [0.29, 0.717) is 18.4 Å². The first-order chi connectivity index (χ1) is 10.2. The molecule has 0 spiro atoms. The van der Waals surface area contributed by atoms with Gasteiger partial charge in [-0.25, -0.2) is 4.98 Å². The van der Waals surface area contributed by atoms with E-state index in [1.807, 2.05) is 38.1 Å². The normalized spacial score (nSPS) is 10.2. The Balaban J connectivity index is 1.93. The molecule has 2 rings (SSSR count). The Morgan fingerprint density at radius 2 is 2.05 bits per heavy atom. The monoisotopic (exact) mass is 287 g/mol. The maximum absolute atomic E-state index is 5.41. The van der Waals surface area contributed by atoms with Crippen LogP contribution in [0.5, 0.6) is 11.6 Å². The summed E-state index contributed by atoms with van der Waals surface area (Å²) in [6.07, 6.45) is 0.873. The molecular weight excluding hydrogens is 266 g/mol. The van der Waals surface area contributed by atoms with Crippen molar-refractivity contribution in [3.05, 3.63) is 41.6 Å². The molecule has 0 saturated heterocycles. The number of hydrogen-bond donors (Lipinski definition) is 1. The van der Waals surface area contributed by atoms with Gasteiger partial charge in [0, 0.05) is 18.3 Å². The van der Waals surface area contributed by atoms with E-state index < -0.39 is 0 Å². The number of methoxy groups -OCH3 is 1. The van der Waals surface area contributed by atoms with Crippen molar-refractivity contribution in [3.63, 3.8) is 0 Å². The maximum atomic E-state index is 5.41. The zero-order chi connectivity index (χ0) is 15.1. The Hall–Kier alpha value is -2.30. The van der Waals surface area contributed by atoms with E-state index in [0.717, 1.165) is 24.4 Å². The highest BCUT2D eigenvalue weighted by atomic mass is 16.5. The second-order valence-electron chi connectivity index (χ2n) is 4.63. The van der Waals surface area contributed by atoms with Crippen LogP contribution in [0.2, 0.25) is 0 Å². The molecule has 0 fully saturated rings. The van der Waals surface area contributed by atoms with Crippen LogP contribution in [0.15, 0.2) is 30.3 Å². The number of anilines is 1. The molecule has 0 unspecified atom stereocenters. The minimum Gasteiger partial charge on any atom is -0.497 e. The van der Waals surface area contributed by atoms with Gasteiger partial charge in [-0.05, 0) is 38.0 Å². The summed E-state index contributed by atoms with van der Waals surface area (Å²) in [5.74, 6) is 2.08. The molecular formula is C16H21N3O2. The van der Waals surface area contributed by atoms with Gasteiger partial charge < -0.3 is 14.8 Å². The summed E-state index contributed by atoms with van der Waals surface area (Å²) < 4.78 is 10.6. The van der Waals surface area contributed by atoms with Crippen LogP contribution >= 0.6 is 0 Å². The lowest BCUT2D eigenvalue weighted by Gasteiger charge is -2.09. The van der Waals surface area contributed by atoms with Gasteiger partial charge in [0.2, 0.25) is 11.8 Å². The number of nitrogens with one attached hydrogen (secondary N) is 1. The van der Waals surface area contributed by atoms with E-state index in [1.165, 1.54) is 5.56 Å². The van der Waals surface area contributed by atoms with E-state index in [4.69, 9.17) is 9.47 Å². The smallest absolute Gasteiger partial charge is 0.226 e. The molecule has 0 atom stereocenters. The summed E-state index contributed by atoms with van der Waals surface area (Å²) in [6.45, 7) is 5.21. The van der Waals surface area contributed by atoms with E-state index in [1.54, 1.807) is 7.11 Å². The van der Waals surface area contributed by atoms with Crippen molar-refractivity contribution in [1.29, 1.82) is 0 Å². The number of nitrogens with zero attached hydrogens (tertiary/aromatic N) is 2. The molecule has 0 aliphatic rings. The molecule has 2 aromatic rings. The Labute approximate surface area is 125 Å². The number of benzene rings is 1. The summed E-state index contributed by atoms with van der Waals surface area (Å²) in [4.78, 5) is 8.67. The highest BCUT2D eigenvalue weighted by Crippen LogP contribution is 2.14. The quantitative estimate of drug-likeness (QED) is 0.848. The molecule has 112 valence electrons. The number of hydrogen-bond acceptors (Lipinski definition) is 5. The first-order valence-electron chi connectivity index (χ1n) is 7.06. The van der Waals surface area contributed by atoms with Gasteiger partial charge in [0.05, 0.1) is 13.7 Å². The van der Waals surface area contributed by atoms with Crippen LogP contribution in [0.4, 0.5) is 5.95 Å². The van der Waals surface area contributed by atoms with Crippen molar-refractivity contribution in [3.8, 4) is 11.6 Å². The predicted molar refractivity (Wildman–Crippen MR) is 83.1 cm³/mol. The average molecular weight is 287 g/mol. The molecule has 1 aromatic carbocycles. The van der Waals surface area contributed by atoms with Gasteiger partial charge in [0.25, 0.3) is 0 Å². The van der Waals surface area contributed by atoms with Crippen LogP contribution in [-0.4, -0.2) is 30.2 Å². The molecule has 5 nitrogen and oxygen atoms in total. The van der Waals surface area contributed by atoms with Gasteiger partial charge in [-0.1, -0.05) is 12.1 Å². The van der Waals surface area contributed by atoms with Crippen molar-refractivity contribution in [2.75, 3.05) is 25.6 Å². The van der Waals surface area contributed by atoms with Crippen LogP contribution < -0.4 is 14.8 Å². The van der Waals surface area contributed by atoms with E-state index >= 15 is 0 Å². The maximum Gasteiger partial charge on any atom is 0.226 e. The highest BCUT2D eigenvalue weighted by molar-refractivity contribution is 5.32. The van der Waals surface area contributed by atoms with Crippen LogP contribution in [0.3, 0.4) is 0 Å². The van der Waals surface area contributed by atoms with Crippen LogP contribution in [0, 0.1) is 6.92 Å². The van der Waals surface area contributed by atoms with Crippen LogP contribution in [0.25, 0.3) is 0 Å². The average Bonchev–Trinajstić information content (AvgIpc) is 2.47. The Bertz CT molecular complexity index is 587. The van der Waals surface area contributed by atoms with Crippen LogP contribution in [0.1, 0.15) is 18.2 Å². The van der Waals surface area contributed by atoms with E-state index in [2.05, 4.69) is 21.4 Å². The molecule has 0 radical (unpaired) electrons. The van der Waals surface area contributed by atoms with Gasteiger partial charge >= 0.3 is 0 Å². The summed E-state index contributed by atoms with van der Waals surface area (Å²) in [5, 5.41) is 3.23. The van der Waals surface area contributed by atoms with Gasteiger partial charge in [-0.15, -0.1) is 0 Å². The molecule has 1 heterocycles. The zero-order valence-electron chi connectivity index (χ0n) is 12.7. The van der Waals surface area contributed by atoms with Crippen molar-refractivity contribution < 1.29 is 9.47 Å². The number of aromatic nitrogens is 2. The minimum atomic E-state index is 0.597. The number of ether oxygens (including phenoxy) is 2. The summed E-state index contributed by atoms with van der Waals surface area (Å²) in [5.41, 5.74) is 2.09. The number of rotatable bonds is 7. The lowest BCUT2D eigenvalue weighted by atomic mass is 10.1. The SMILES string of the molecule is CCOc1cc(C)nc(NCCc2cccc(OC)c2)n1. The third kappa shape index (κ3) is 4.63. The fourth-order valence-electron chi connectivity index (χ4n) is 1.99. The largest absolute Gasteiger partial charge is 0.497 e. The molecule has 5 heteroatoms. The Morgan fingerprint density at radius 1 is 1.19 bits per heavy atom.